The van der Waals surface area contributed by atoms with Crippen LogP contribution in [0.5, 0.6) is 0 Å². The fraction of sp³-hybridized carbons (Fsp3) is 0.229. The predicted octanol–water partition coefficient (Wildman–Crippen LogP) is 7.42. The first-order chi connectivity index (χ1) is 21.5. The maximum atomic E-state index is 12.1. The van der Waals surface area contributed by atoms with Gasteiger partial charge in [-0.1, -0.05) is 80.0 Å². The van der Waals surface area contributed by atoms with Crippen molar-refractivity contribution >= 4 is 70.5 Å². The molecule has 0 unspecified atom stereocenters. The van der Waals surface area contributed by atoms with Gasteiger partial charge in [0.2, 0.25) is 5.69 Å². The van der Waals surface area contributed by atoms with E-state index in [0.29, 0.717) is 27.8 Å². The number of rotatable bonds is 7. The first kappa shape index (κ1) is 32.2. The lowest BCUT2D eigenvalue weighted by Crippen LogP contribution is -2.30. The third-order valence-electron chi connectivity index (χ3n) is 8.89. The topological polar surface area (TPSA) is 115 Å². The Morgan fingerprint density at radius 1 is 0.804 bits per heavy atom. The molecule has 0 aliphatic carbocycles. The van der Waals surface area contributed by atoms with Crippen molar-refractivity contribution in [3.63, 3.8) is 0 Å². The Kier molecular flexibility index (Phi) is 7.81. The molecule has 2 N–H and O–H groups in total. The quantitative estimate of drug-likeness (QED) is 0.119. The molecule has 0 amide bonds. The van der Waals surface area contributed by atoms with Crippen molar-refractivity contribution in [1.29, 1.82) is 0 Å². The van der Waals surface area contributed by atoms with Crippen LogP contribution in [0.1, 0.15) is 38.8 Å². The lowest BCUT2D eigenvalue weighted by molar-refractivity contribution is -0.415. The molecule has 2 aliphatic heterocycles. The van der Waals surface area contributed by atoms with Crippen LogP contribution in [0.15, 0.2) is 108 Å². The van der Waals surface area contributed by atoms with Gasteiger partial charge in [-0.2, -0.15) is 21.4 Å². The number of fused-ring (bicyclic) bond motifs is 6. The van der Waals surface area contributed by atoms with Crippen LogP contribution in [0.25, 0.3) is 21.5 Å². The zero-order chi connectivity index (χ0) is 33.2. The smallest absolute Gasteiger partial charge is 0.326 e. The summed E-state index contributed by atoms with van der Waals surface area (Å²) in [5.41, 5.74) is 3.21. The molecule has 0 atom stereocenters. The molecule has 11 heteroatoms. The standard InChI is InChI=1S/C35H33ClN2O6S2/c1-34(2)30(37(21-45(39,40)41)28-17-13-23-9-5-7-11-26(23)32(28)34)19-15-25(36)16-20-31-35(3,4)33-27-12-8-6-10-24(27)14-18-29(33)38(31)22-46(42,43)44/h5-20H,21-22H2,1-4H3,(H-,39,40,41,42,43,44)/p+1. The summed E-state index contributed by atoms with van der Waals surface area (Å²) >= 11 is 6.74. The van der Waals surface area contributed by atoms with Gasteiger partial charge in [-0.25, -0.2) is 0 Å². The Morgan fingerprint density at radius 3 is 2.00 bits per heavy atom. The van der Waals surface area contributed by atoms with Crippen molar-refractivity contribution < 1.29 is 30.5 Å². The number of halogens is 1. The summed E-state index contributed by atoms with van der Waals surface area (Å²) in [5, 5.41) is 4.28. The molecule has 4 aromatic carbocycles. The van der Waals surface area contributed by atoms with E-state index < -0.39 is 42.8 Å². The first-order valence-corrected chi connectivity index (χ1v) is 18.2. The van der Waals surface area contributed by atoms with Gasteiger partial charge in [0.05, 0.1) is 5.41 Å². The molecule has 6 rings (SSSR count). The predicted molar refractivity (Wildman–Crippen MR) is 185 cm³/mol. The van der Waals surface area contributed by atoms with Gasteiger partial charge in [0, 0.05) is 39.5 Å². The molecule has 0 spiro atoms. The summed E-state index contributed by atoms with van der Waals surface area (Å²) in [6.45, 7) is 7.99. The van der Waals surface area contributed by atoms with E-state index in [2.05, 4.69) is 0 Å². The highest BCUT2D eigenvalue weighted by Crippen LogP contribution is 2.51. The van der Waals surface area contributed by atoms with Crippen LogP contribution >= 0.6 is 11.6 Å². The molecule has 2 aliphatic rings. The lowest BCUT2D eigenvalue weighted by Gasteiger charge is -2.26. The monoisotopic (exact) mass is 677 g/mol. The molecule has 0 radical (unpaired) electrons. The van der Waals surface area contributed by atoms with Crippen molar-refractivity contribution in [3.05, 3.63) is 119 Å². The maximum Gasteiger partial charge on any atom is 0.326 e. The van der Waals surface area contributed by atoms with E-state index in [4.69, 9.17) is 11.6 Å². The van der Waals surface area contributed by atoms with E-state index in [9.17, 15) is 25.9 Å². The highest BCUT2D eigenvalue weighted by molar-refractivity contribution is 7.86. The minimum Gasteiger partial charge on any atom is -0.327 e. The molecule has 4 aromatic rings. The Labute approximate surface area is 274 Å². The second kappa shape index (κ2) is 11.2. The van der Waals surface area contributed by atoms with Crippen molar-refractivity contribution in [2.24, 2.45) is 0 Å². The van der Waals surface area contributed by atoms with E-state index >= 15 is 0 Å². The number of benzene rings is 4. The number of nitrogens with zero attached hydrogens (tertiary/aromatic N) is 2. The van der Waals surface area contributed by atoms with Gasteiger partial charge >= 0.3 is 10.1 Å². The second-order valence-corrected chi connectivity index (χ2v) is 16.0. The summed E-state index contributed by atoms with van der Waals surface area (Å²) in [4.78, 5) is 1.59. The van der Waals surface area contributed by atoms with Crippen LogP contribution < -0.4 is 4.90 Å². The third kappa shape index (κ3) is 5.69. The number of allylic oxidation sites excluding steroid dienone is 6. The van der Waals surface area contributed by atoms with E-state index in [1.54, 1.807) is 33.8 Å². The summed E-state index contributed by atoms with van der Waals surface area (Å²) in [5.74, 6) is -1.25. The van der Waals surface area contributed by atoms with Gasteiger partial charge in [-0.15, -0.1) is 0 Å². The van der Waals surface area contributed by atoms with Gasteiger partial charge in [-0.05, 0) is 71.3 Å². The van der Waals surface area contributed by atoms with Crippen LogP contribution in [-0.4, -0.2) is 48.0 Å². The average Bonchev–Trinajstić information content (AvgIpc) is 3.31. The highest BCUT2D eigenvalue weighted by atomic mass is 35.5. The minimum absolute atomic E-state index is 0.298. The van der Waals surface area contributed by atoms with E-state index in [1.807, 2.05) is 100 Å². The Morgan fingerprint density at radius 2 is 1.39 bits per heavy atom. The second-order valence-electron chi connectivity index (χ2n) is 12.7. The van der Waals surface area contributed by atoms with E-state index in [-0.39, 0.29) is 0 Å². The van der Waals surface area contributed by atoms with Gasteiger partial charge in [0.25, 0.3) is 16.0 Å². The summed E-state index contributed by atoms with van der Waals surface area (Å²) < 4.78 is 69.9. The SMILES string of the molecule is CC1(C)C(=CC=C(Cl)C=CC2=[N+](CS(=O)(=O)O)c3ccc4ccccc4c3C2(C)C)N(CS(=O)(=O)O)c2ccc3ccccc3c21. The Hall–Kier alpha value is -3.80. The first-order valence-electron chi connectivity index (χ1n) is 14.6. The fourth-order valence-corrected chi connectivity index (χ4v) is 8.38. The molecule has 0 saturated heterocycles. The molecule has 0 aromatic heterocycles. The van der Waals surface area contributed by atoms with Gasteiger partial charge < -0.3 is 4.90 Å². The zero-order valence-corrected chi connectivity index (χ0v) is 28.2. The Bertz CT molecular complexity index is 2280. The molecule has 8 nitrogen and oxygen atoms in total. The van der Waals surface area contributed by atoms with E-state index in [1.165, 1.54) is 0 Å². The van der Waals surface area contributed by atoms with Crippen molar-refractivity contribution in [2.75, 3.05) is 16.7 Å². The summed E-state index contributed by atoms with van der Waals surface area (Å²) in [6.07, 6.45) is 6.79. The summed E-state index contributed by atoms with van der Waals surface area (Å²) in [7, 11) is -8.77. The summed E-state index contributed by atoms with van der Waals surface area (Å²) in [6, 6.07) is 23.3. The molecule has 0 saturated carbocycles. The normalized spacial score (nSPS) is 18.7. The lowest BCUT2D eigenvalue weighted by atomic mass is 9.79. The highest BCUT2D eigenvalue weighted by Gasteiger charge is 2.47. The van der Waals surface area contributed by atoms with Crippen LogP contribution in [0, 0.1) is 0 Å². The van der Waals surface area contributed by atoms with Gasteiger partial charge in [-0.3, -0.25) is 9.11 Å². The molecular formula is C35H34ClN2O6S2+. The molecule has 0 bridgehead atoms. The maximum absolute atomic E-state index is 12.1. The van der Waals surface area contributed by atoms with Crippen LogP contribution in [-0.2, 0) is 31.1 Å². The van der Waals surface area contributed by atoms with Crippen LogP contribution in [0.2, 0.25) is 0 Å². The fourth-order valence-electron chi connectivity index (χ4n) is 7.05. The molecular weight excluding hydrogens is 644 g/mol. The van der Waals surface area contributed by atoms with Crippen molar-refractivity contribution in [3.8, 4) is 0 Å². The largest absolute Gasteiger partial charge is 0.327 e. The van der Waals surface area contributed by atoms with E-state index in [0.717, 1.165) is 32.7 Å². The zero-order valence-electron chi connectivity index (χ0n) is 25.8. The molecule has 0 fully saturated rings. The Balaban J connectivity index is 1.44. The minimum atomic E-state index is -4.38. The van der Waals surface area contributed by atoms with Crippen molar-refractivity contribution in [1.82, 2.24) is 0 Å². The van der Waals surface area contributed by atoms with Gasteiger partial charge in [0.1, 0.15) is 0 Å². The van der Waals surface area contributed by atoms with Crippen LogP contribution in [0.4, 0.5) is 11.4 Å². The molecule has 238 valence electrons. The molecule has 2 heterocycles. The van der Waals surface area contributed by atoms with Gasteiger partial charge in [0.15, 0.2) is 11.6 Å². The number of hydrogen-bond acceptors (Lipinski definition) is 5. The average molecular weight is 678 g/mol. The van der Waals surface area contributed by atoms with Crippen LogP contribution in [0.3, 0.4) is 0 Å². The number of hydrogen-bond donors (Lipinski definition) is 2. The molecule has 46 heavy (non-hydrogen) atoms. The number of anilines is 1. The van der Waals surface area contributed by atoms with Crippen molar-refractivity contribution in [2.45, 2.75) is 38.5 Å². The third-order valence-corrected chi connectivity index (χ3v) is 10.3.